The number of carbonyl (C=O) groups excluding carboxylic acids is 3. The van der Waals surface area contributed by atoms with Crippen molar-refractivity contribution in [3.8, 4) is 5.75 Å². The molecule has 5 unspecified atom stereocenters. The first-order chi connectivity index (χ1) is 16.4. The van der Waals surface area contributed by atoms with Crippen LogP contribution in [0, 0.1) is 11.8 Å². The van der Waals surface area contributed by atoms with Crippen LogP contribution in [0.4, 0.5) is 0 Å². The number of aliphatic hydroxyl groups excluding tert-OH is 1. The smallest absolute Gasteiger partial charge is 0.326 e. The molecule has 35 heavy (non-hydrogen) atoms. The van der Waals surface area contributed by atoms with Crippen LogP contribution >= 0.6 is 0 Å². The van der Waals surface area contributed by atoms with Crippen molar-refractivity contribution >= 4 is 23.7 Å². The molecule has 1 aromatic carbocycles. The molecule has 0 aliphatic carbocycles. The number of rotatable bonds is 14. The van der Waals surface area contributed by atoms with E-state index in [0.717, 1.165) is 5.56 Å². The van der Waals surface area contributed by atoms with Crippen LogP contribution in [0.2, 0.25) is 0 Å². The molecule has 196 valence electrons. The highest BCUT2D eigenvalue weighted by molar-refractivity contribution is 5.94. The summed E-state index contributed by atoms with van der Waals surface area (Å²) >= 11 is 0. The van der Waals surface area contributed by atoms with E-state index < -0.39 is 54.5 Å². The fraction of sp³-hybridized carbons (Fsp3) is 0.583. The van der Waals surface area contributed by atoms with Gasteiger partial charge in [0.25, 0.3) is 0 Å². The Morgan fingerprint density at radius 1 is 0.914 bits per heavy atom. The highest BCUT2D eigenvalue weighted by Gasteiger charge is 2.31. The third-order valence-corrected chi connectivity index (χ3v) is 5.66. The van der Waals surface area contributed by atoms with Gasteiger partial charge in [0.1, 0.15) is 23.9 Å². The number of phenolic OH excluding ortho intramolecular Hbond substituents is 1. The molecular formula is C24H38N4O7. The minimum Gasteiger partial charge on any atom is -0.508 e. The van der Waals surface area contributed by atoms with Crippen molar-refractivity contribution in [3.05, 3.63) is 29.8 Å². The van der Waals surface area contributed by atoms with Crippen molar-refractivity contribution in [1.82, 2.24) is 16.0 Å². The number of aromatic hydroxyl groups is 1. The van der Waals surface area contributed by atoms with Gasteiger partial charge in [-0.25, -0.2) is 4.79 Å². The lowest BCUT2D eigenvalue weighted by Gasteiger charge is -2.26. The average molecular weight is 495 g/mol. The summed E-state index contributed by atoms with van der Waals surface area (Å²) in [6.07, 6.45) is 0.921. The normalized spacial score (nSPS) is 15.4. The number of amides is 3. The van der Waals surface area contributed by atoms with E-state index in [1.165, 1.54) is 12.1 Å². The predicted molar refractivity (Wildman–Crippen MR) is 129 cm³/mol. The van der Waals surface area contributed by atoms with Crippen LogP contribution in [0.3, 0.4) is 0 Å². The lowest BCUT2D eigenvalue weighted by molar-refractivity contribution is -0.144. The number of phenols is 1. The van der Waals surface area contributed by atoms with Gasteiger partial charge in [-0.15, -0.1) is 0 Å². The number of aliphatic hydroxyl groups is 1. The first-order valence-electron chi connectivity index (χ1n) is 11.7. The number of hydrogen-bond acceptors (Lipinski definition) is 7. The third kappa shape index (κ3) is 9.91. The molecule has 0 aliphatic heterocycles. The number of hydrogen-bond donors (Lipinski definition) is 7. The summed E-state index contributed by atoms with van der Waals surface area (Å²) in [5.41, 5.74) is 6.72. The molecule has 0 aromatic heterocycles. The zero-order chi connectivity index (χ0) is 26.7. The second kappa shape index (κ2) is 14.3. The number of nitrogens with one attached hydrogen (secondary N) is 3. The van der Waals surface area contributed by atoms with E-state index in [9.17, 15) is 34.5 Å². The Labute approximate surface area is 205 Å². The minimum atomic E-state index is -1.40. The van der Waals surface area contributed by atoms with E-state index in [-0.39, 0.29) is 30.4 Å². The van der Waals surface area contributed by atoms with Gasteiger partial charge in [-0.1, -0.05) is 46.2 Å². The van der Waals surface area contributed by atoms with Gasteiger partial charge in [0.15, 0.2) is 0 Å². The van der Waals surface area contributed by atoms with Gasteiger partial charge in [-0.05, 0) is 42.4 Å². The van der Waals surface area contributed by atoms with E-state index >= 15 is 0 Å². The molecule has 1 aromatic rings. The van der Waals surface area contributed by atoms with Gasteiger partial charge in [0.05, 0.1) is 12.6 Å². The molecule has 0 bridgehead atoms. The van der Waals surface area contributed by atoms with Crippen LogP contribution in [-0.2, 0) is 25.6 Å². The van der Waals surface area contributed by atoms with E-state index in [1.807, 2.05) is 13.8 Å². The summed E-state index contributed by atoms with van der Waals surface area (Å²) in [5, 5.41) is 35.8. The molecule has 0 spiro atoms. The Morgan fingerprint density at radius 3 is 1.94 bits per heavy atom. The Hall–Kier alpha value is -3.18. The molecule has 0 saturated heterocycles. The molecule has 3 amide bonds. The van der Waals surface area contributed by atoms with Crippen LogP contribution in [0.25, 0.3) is 0 Å². The summed E-state index contributed by atoms with van der Waals surface area (Å²) in [7, 11) is 0. The monoisotopic (exact) mass is 494 g/mol. The number of benzene rings is 1. The highest BCUT2D eigenvalue weighted by Crippen LogP contribution is 2.12. The van der Waals surface area contributed by atoms with Gasteiger partial charge in [0, 0.05) is 0 Å². The van der Waals surface area contributed by atoms with Gasteiger partial charge in [0.2, 0.25) is 17.7 Å². The second-order valence-electron chi connectivity index (χ2n) is 9.12. The van der Waals surface area contributed by atoms with Crippen LogP contribution < -0.4 is 21.7 Å². The number of carboxylic acid groups (broad SMARTS) is 1. The zero-order valence-electron chi connectivity index (χ0n) is 20.7. The van der Waals surface area contributed by atoms with Crippen molar-refractivity contribution in [2.24, 2.45) is 17.6 Å². The fourth-order valence-corrected chi connectivity index (χ4v) is 3.36. The summed E-state index contributed by atoms with van der Waals surface area (Å²) in [5.74, 6) is -3.62. The molecule has 0 fully saturated rings. The molecule has 0 aliphatic rings. The summed E-state index contributed by atoms with van der Waals surface area (Å²) in [6.45, 7) is 6.39. The molecule has 11 nitrogen and oxygen atoms in total. The molecule has 0 saturated carbocycles. The zero-order valence-corrected chi connectivity index (χ0v) is 20.7. The van der Waals surface area contributed by atoms with Crippen molar-refractivity contribution in [3.63, 3.8) is 0 Å². The maximum atomic E-state index is 12.9. The van der Waals surface area contributed by atoms with E-state index in [0.29, 0.717) is 6.42 Å². The third-order valence-electron chi connectivity index (χ3n) is 5.66. The highest BCUT2D eigenvalue weighted by atomic mass is 16.4. The van der Waals surface area contributed by atoms with Crippen molar-refractivity contribution in [2.75, 3.05) is 6.61 Å². The van der Waals surface area contributed by atoms with E-state index in [2.05, 4.69) is 16.0 Å². The number of carboxylic acids is 1. The number of nitrogens with two attached hydrogens (primary N) is 1. The summed E-state index contributed by atoms with van der Waals surface area (Å²) in [6, 6.07) is 1.65. The standard InChI is InChI=1S/C24H38N4O7/c1-5-14(4)20(24(34)35)28-23(33)19(12-29)27-22(32)18(10-13(2)3)26-21(31)17(25)11-15-6-8-16(30)9-7-15/h6-9,13-14,17-20,29-30H,5,10-12,25H2,1-4H3,(H,26,31)(H,27,32)(H,28,33)(H,34,35). The largest absolute Gasteiger partial charge is 0.508 e. The Kier molecular flexibility index (Phi) is 12.2. The van der Waals surface area contributed by atoms with Crippen LogP contribution in [-0.4, -0.2) is 69.8 Å². The first-order valence-corrected chi connectivity index (χ1v) is 11.7. The Morgan fingerprint density at radius 2 is 1.46 bits per heavy atom. The van der Waals surface area contributed by atoms with Crippen molar-refractivity contribution < 1.29 is 34.5 Å². The van der Waals surface area contributed by atoms with Crippen LogP contribution in [0.15, 0.2) is 24.3 Å². The SMILES string of the molecule is CCC(C)C(NC(=O)C(CO)NC(=O)C(CC(C)C)NC(=O)C(N)Cc1ccc(O)cc1)C(=O)O. The van der Waals surface area contributed by atoms with E-state index in [1.54, 1.807) is 26.0 Å². The quantitative estimate of drug-likeness (QED) is 0.186. The first kappa shape index (κ1) is 29.9. The lowest BCUT2D eigenvalue weighted by Crippen LogP contribution is -2.59. The van der Waals surface area contributed by atoms with E-state index in [4.69, 9.17) is 5.73 Å². The molecular weight excluding hydrogens is 456 g/mol. The van der Waals surface area contributed by atoms with Crippen LogP contribution in [0.1, 0.15) is 46.1 Å². The molecule has 8 N–H and O–H groups in total. The summed E-state index contributed by atoms with van der Waals surface area (Å²) in [4.78, 5) is 49.7. The molecule has 0 radical (unpaired) electrons. The van der Waals surface area contributed by atoms with Crippen molar-refractivity contribution in [2.45, 2.75) is 71.1 Å². The van der Waals surface area contributed by atoms with Crippen molar-refractivity contribution in [1.29, 1.82) is 0 Å². The Balaban J connectivity index is 2.87. The summed E-state index contributed by atoms with van der Waals surface area (Å²) < 4.78 is 0. The van der Waals surface area contributed by atoms with Gasteiger partial charge in [-0.3, -0.25) is 14.4 Å². The lowest BCUT2D eigenvalue weighted by atomic mass is 9.98. The molecule has 11 heteroatoms. The average Bonchev–Trinajstić information content (AvgIpc) is 2.80. The molecule has 0 heterocycles. The maximum Gasteiger partial charge on any atom is 0.326 e. The van der Waals surface area contributed by atoms with Gasteiger partial charge < -0.3 is 37.0 Å². The van der Waals surface area contributed by atoms with Gasteiger partial charge >= 0.3 is 5.97 Å². The van der Waals surface area contributed by atoms with Crippen LogP contribution in [0.5, 0.6) is 5.75 Å². The number of carbonyl (C=O) groups is 4. The topological polar surface area (TPSA) is 191 Å². The fourth-order valence-electron chi connectivity index (χ4n) is 3.36. The minimum absolute atomic E-state index is 0.00238. The molecule has 1 rings (SSSR count). The second-order valence-corrected chi connectivity index (χ2v) is 9.12. The maximum absolute atomic E-state index is 12.9. The Bertz CT molecular complexity index is 860. The molecule has 5 atom stereocenters. The van der Waals surface area contributed by atoms with Gasteiger partial charge in [-0.2, -0.15) is 0 Å². The number of aliphatic carboxylic acids is 1. The predicted octanol–water partition coefficient (Wildman–Crippen LogP) is -0.114.